The van der Waals surface area contributed by atoms with Gasteiger partial charge in [0.15, 0.2) is 5.58 Å². The molecule has 2 N–H and O–H groups in total. The summed E-state index contributed by atoms with van der Waals surface area (Å²) in [4.78, 5) is 8.89. The van der Waals surface area contributed by atoms with E-state index < -0.39 is 0 Å². The Bertz CT molecular complexity index is 1270. The molecule has 152 valence electrons. The number of imidazole rings is 1. The molecule has 0 bridgehead atoms. The number of halogens is 1. The molecule has 30 heavy (non-hydrogen) atoms. The van der Waals surface area contributed by atoms with Crippen molar-refractivity contribution in [2.45, 2.75) is 44.4 Å². The minimum atomic E-state index is -0.368. The van der Waals surface area contributed by atoms with Gasteiger partial charge in [-0.1, -0.05) is 30.5 Å². The molecule has 8 heteroatoms. The van der Waals surface area contributed by atoms with Crippen molar-refractivity contribution in [2.75, 3.05) is 5.32 Å². The SMILES string of the molecule is N#Cc1cc2ncn(Cc3ccc4nc(N[C@@H]5CCCC[C@H]5O)oc4c3)c2cc1Cl. The maximum Gasteiger partial charge on any atom is 0.295 e. The number of aromatic nitrogens is 3. The van der Waals surface area contributed by atoms with Crippen LogP contribution >= 0.6 is 11.6 Å². The van der Waals surface area contributed by atoms with E-state index in [0.717, 1.165) is 47.8 Å². The highest BCUT2D eigenvalue weighted by molar-refractivity contribution is 6.32. The maximum absolute atomic E-state index is 10.2. The van der Waals surface area contributed by atoms with Gasteiger partial charge in [-0.05, 0) is 42.7 Å². The van der Waals surface area contributed by atoms with E-state index in [-0.39, 0.29) is 12.1 Å². The highest BCUT2D eigenvalue weighted by Gasteiger charge is 2.24. The second-order valence-electron chi connectivity index (χ2n) is 7.73. The lowest BCUT2D eigenvalue weighted by Gasteiger charge is -2.27. The van der Waals surface area contributed by atoms with Gasteiger partial charge in [-0.25, -0.2) is 4.98 Å². The molecule has 0 amide bonds. The van der Waals surface area contributed by atoms with Crippen LogP contribution in [0.4, 0.5) is 6.01 Å². The molecule has 2 heterocycles. The number of nitriles is 1. The summed E-state index contributed by atoms with van der Waals surface area (Å²) in [6.45, 7) is 0.583. The standard InChI is InChI=1S/C22H20ClN5O2/c23-15-9-19-18(8-14(15)10-24)25-12-28(19)11-13-5-6-17-21(7-13)30-22(27-17)26-16-3-1-2-4-20(16)29/h5-9,12,16,20,29H,1-4,11H2,(H,26,27)/t16-,20-/m1/s1. The minimum absolute atomic E-state index is 0.0216. The van der Waals surface area contributed by atoms with Crippen molar-refractivity contribution < 1.29 is 9.52 Å². The Hall–Kier alpha value is -3.08. The first kappa shape index (κ1) is 18.9. The number of benzene rings is 2. The summed E-state index contributed by atoms with van der Waals surface area (Å²) in [6, 6.07) is 11.9. The first-order valence-electron chi connectivity index (χ1n) is 9.99. The van der Waals surface area contributed by atoms with Crippen LogP contribution in [0.15, 0.2) is 41.1 Å². The van der Waals surface area contributed by atoms with Crippen molar-refractivity contribution in [1.82, 2.24) is 14.5 Å². The molecule has 2 aromatic carbocycles. The molecular weight excluding hydrogens is 402 g/mol. The molecule has 0 unspecified atom stereocenters. The number of rotatable bonds is 4. The number of hydrogen-bond acceptors (Lipinski definition) is 6. The highest BCUT2D eigenvalue weighted by atomic mass is 35.5. The fraction of sp³-hybridized carbons (Fsp3) is 0.318. The zero-order chi connectivity index (χ0) is 20.7. The van der Waals surface area contributed by atoms with E-state index in [0.29, 0.717) is 28.7 Å². The Labute approximate surface area is 177 Å². The molecule has 1 fully saturated rings. The van der Waals surface area contributed by atoms with E-state index >= 15 is 0 Å². The van der Waals surface area contributed by atoms with Crippen LogP contribution in [0.3, 0.4) is 0 Å². The fourth-order valence-corrected chi connectivity index (χ4v) is 4.25. The summed E-state index contributed by atoms with van der Waals surface area (Å²) in [6.07, 6.45) is 5.24. The Kier molecular flexibility index (Phi) is 4.81. The summed E-state index contributed by atoms with van der Waals surface area (Å²) in [5.41, 5.74) is 4.50. The van der Waals surface area contributed by atoms with Gasteiger partial charge >= 0.3 is 0 Å². The van der Waals surface area contributed by atoms with Crippen LogP contribution in [0.5, 0.6) is 0 Å². The van der Waals surface area contributed by atoms with Gasteiger partial charge in [0.2, 0.25) is 0 Å². The quantitative estimate of drug-likeness (QED) is 0.504. The topological polar surface area (TPSA) is 99.9 Å². The van der Waals surface area contributed by atoms with E-state index in [4.69, 9.17) is 21.3 Å². The Morgan fingerprint density at radius 3 is 2.93 bits per heavy atom. The predicted octanol–water partition coefficient (Wildman–Crippen LogP) is 4.47. The van der Waals surface area contributed by atoms with Crippen LogP contribution in [-0.2, 0) is 6.54 Å². The zero-order valence-electron chi connectivity index (χ0n) is 16.2. The van der Waals surface area contributed by atoms with Crippen LogP contribution in [0.25, 0.3) is 22.1 Å². The summed E-state index contributed by atoms with van der Waals surface area (Å²) in [7, 11) is 0. The van der Waals surface area contributed by atoms with Crippen molar-refractivity contribution >= 4 is 39.7 Å². The molecule has 0 aliphatic heterocycles. The molecule has 1 saturated carbocycles. The highest BCUT2D eigenvalue weighted by Crippen LogP contribution is 2.27. The van der Waals surface area contributed by atoms with Crippen molar-refractivity contribution in [3.8, 4) is 6.07 Å². The first-order valence-corrected chi connectivity index (χ1v) is 10.4. The molecule has 5 rings (SSSR count). The van der Waals surface area contributed by atoms with Crippen LogP contribution < -0.4 is 5.32 Å². The van der Waals surface area contributed by atoms with Gasteiger partial charge in [0, 0.05) is 6.54 Å². The molecular formula is C22H20ClN5O2. The molecule has 0 spiro atoms. The number of hydrogen-bond donors (Lipinski definition) is 2. The minimum Gasteiger partial charge on any atom is -0.424 e. The molecule has 2 aromatic heterocycles. The number of aliphatic hydroxyl groups is 1. The summed E-state index contributed by atoms with van der Waals surface area (Å²) in [5.74, 6) is 0. The number of fused-ring (bicyclic) bond motifs is 2. The van der Waals surface area contributed by atoms with Crippen LogP contribution in [0.1, 0.15) is 36.8 Å². The largest absolute Gasteiger partial charge is 0.424 e. The van der Waals surface area contributed by atoms with Gasteiger partial charge in [0.1, 0.15) is 11.6 Å². The third-order valence-corrected chi connectivity index (χ3v) is 5.99. The summed E-state index contributed by atoms with van der Waals surface area (Å²) in [5, 5.41) is 23.0. The van der Waals surface area contributed by atoms with Gasteiger partial charge in [-0.2, -0.15) is 10.2 Å². The lowest BCUT2D eigenvalue weighted by Crippen LogP contribution is -2.36. The average Bonchev–Trinajstić information content (AvgIpc) is 3.32. The van der Waals surface area contributed by atoms with Gasteiger partial charge in [0.25, 0.3) is 6.01 Å². The van der Waals surface area contributed by atoms with E-state index in [1.54, 1.807) is 18.5 Å². The third kappa shape index (κ3) is 3.49. The summed E-state index contributed by atoms with van der Waals surface area (Å²) < 4.78 is 7.88. The molecule has 1 aliphatic carbocycles. The van der Waals surface area contributed by atoms with Crippen molar-refractivity contribution in [1.29, 1.82) is 5.26 Å². The number of anilines is 1. The fourth-order valence-electron chi connectivity index (χ4n) is 4.05. The second-order valence-corrected chi connectivity index (χ2v) is 8.14. The molecule has 2 atom stereocenters. The van der Waals surface area contributed by atoms with E-state index in [1.165, 1.54) is 0 Å². The summed E-state index contributed by atoms with van der Waals surface area (Å²) >= 11 is 6.19. The third-order valence-electron chi connectivity index (χ3n) is 5.67. The van der Waals surface area contributed by atoms with Gasteiger partial charge in [0.05, 0.1) is 40.1 Å². The monoisotopic (exact) mass is 421 g/mol. The molecule has 4 aromatic rings. The Morgan fingerprint density at radius 1 is 1.23 bits per heavy atom. The van der Waals surface area contributed by atoms with Gasteiger partial charge in [-0.3, -0.25) is 0 Å². The molecule has 0 saturated heterocycles. The maximum atomic E-state index is 10.2. The second kappa shape index (κ2) is 7.63. The number of oxazole rings is 1. The van der Waals surface area contributed by atoms with Crippen LogP contribution in [0, 0.1) is 11.3 Å². The molecule has 1 aliphatic rings. The number of nitrogens with one attached hydrogen (secondary N) is 1. The molecule has 7 nitrogen and oxygen atoms in total. The van der Waals surface area contributed by atoms with Crippen LogP contribution in [-0.4, -0.2) is 31.8 Å². The Balaban J connectivity index is 1.40. The van der Waals surface area contributed by atoms with Crippen LogP contribution in [0.2, 0.25) is 5.02 Å². The predicted molar refractivity (Wildman–Crippen MR) is 114 cm³/mol. The molecule has 0 radical (unpaired) electrons. The zero-order valence-corrected chi connectivity index (χ0v) is 16.9. The normalized spacial score (nSPS) is 19.2. The van der Waals surface area contributed by atoms with Crippen molar-refractivity contribution in [3.05, 3.63) is 52.8 Å². The number of nitrogens with zero attached hydrogens (tertiary/aromatic N) is 4. The lowest BCUT2D eigenvalue weighted by atomic mass is 9.93. The Morgan fingerprint density at radius 2 is 2.10 bits per heavy atom. The van der Waals surface area contributed by atoms with Crippen molar-refractivity contribution in [2.24, 2.45) is 0 Å². The van der Waals surface area contributed by atoms with Gasteiger partial charge in [-0.15, -0.1) is 0 Å². The van der Waals surface area contributed by atoms with E-state index in [1.807, 2.05) is 22.8 Å². The van der Waals surface area contributed by atoms with E-state index in [9.17, 15) is 5.11 Å². The first-order chi connectivity index (χ1) is 14.6. The smallest absolute Gasteiger partial charge is 0.295 e. The number of aliphatic hydroxyl groups excluding tert-OH is 1. The average molecular weight is 422 g/mol. The van der Waals surface area contributed by atoms with Crippen molar-refractivity contribution in [3.63, 3.8) is 0 Å². The lowest BCUT2D eigenvalue weighted by molar-refractivity contribution is 0.115. The van der Waals surface area contributed by atoms with E-state index in [2.05, 4.69) is 21.4 Å². The van der Waals surface area contributed by atoms with Gasteiger partial charge < -0.3 is 19.4 Å².